The molecule has 0 saturated carbocycles. The highest BCUT2D eigenvalue weighted by Gasteiger charge is 2.13. The Labute approximate surface area is 84.4 Å². The van der Waals surface area contributed by atoms with Gasteiger partial charge in [0.2, 0.25) is 0 Å². The summed E-state index contributed by atoms with van der Waals surface area (Å²) in [5, 5.41) is 24.8. The van der Waals surface area contributed by atoms with E-state index >= 15 is 0 Å². The van der Waals surface area contributed by atoms with Gasteiger partial charge in [-0.15, -0.1) is 5.10 Å². The lowest BCUT2D eigenvalue weighted by atomic mass is 10.1. The average Bonchev–Trinajstić information content (AvgIpc) is 2.65. The Morgan fingerprint density at radius 1 is 1.33 bits per heavy atom. The zero-order valence-electron chi connectivity index (χ0n) is 7.53. The molecule has 0 atom stereocenters. The Morgan fingerprint density at radius 3 is 2.67 bits per heavy atom. The molecular weight excluding hydrogens is 198 g/mol. The van der Waals surface area contributed by atoms with E-state index in [0.29, 0.717) is 16.1 Å². The number of aromatic carboxylic acids is 1. The topological polar surface area (TPSA) is 88.2 Å². The van der Waals surface area contributed by atoms with E-state index < -0.39 is 5.97 Å². The van der Waals surface area contributed by atoms with Crippen molar-refractivity contribution in [2.24, 2.45) is 0 Å². The van der Waals surface area contributed by atoms with Crippen LogP contribution in [0.25, 0.3) is 11.3 Å². The number of nitrogens with zero attached hydrogens (tertiary/aromatic N) is 3. The number of aromatic nitrogens is 3. The van der Waals surface area contributed by atoms with Crippen LogP contribution in [0.1, 0.15) is 10.4 Å². The molecule has 2 aromatic rings. The SMILES string of the molecule is O=C(O)c1ccccc1-c1cn(O)nn1. The molecule has 0 spiro atoms. The molecule has 0 bridgehead atoms. The Hall–Kier alpha value is -2.37. The van der Waals surface area contributed by atoms with Gasteiger partial charge in [0.05, 0.1) is 11.8 Å². The van der Waals surface area contributed by atoms with Crippen molar-refractivity contribution in [2.45, 2.75) is 0 Å². The fourth-order valence-electron chi connectivity index (χ4n) is 1.27. The molecule has 76 valence electrons. The largest absolute Gasteiger partial charge is 0.478 e. The molecule has 0 saturated heterocycles. The minimum atomic E-state index is -1.04. The first-order chi connectivity index (χ1) is 7.18. The fourth-order valence-corrected chi connectivity index (χ4v) is 1.27. The van der Waals surface area contributed by atoms with Gasteiger partial charge in [0.25, 0.3) is 0 Å². The summed E-state index contributed by atoms with van der Waals surface area (Å²) in [6.45, 7) is 0. The molecule has 15 heavy (non-hydrogen) atoms. The molecule has 0 aliphatic heterocycles. The number of carboxylic acid groups (broad SMARTS) is 1. The first kappa shape index (κ1) is 9.20. The van der Waals surface area contributed by atoms with Crippen molar-refractivity contribution in [3.05, 3.63) is 36.0 Å². The van der Waals surface area contributed by atoms with Crippen molar-refractivity contribution in [3.8, 4) is 11.3 Å². The van der Waals surface area contributed by atoms with E-state index in [1.807, 2.05) is 0 Å². The van der Waals surface area contributed by atoms with E-state index in [-0.39, 0.29) is 5.56 Å². The maximum absolute atomic E-state index is 10.9. The molecule has 0 aliphatic rings. The van der Waals surface area contributed by atoms with E-state index in [0.717, 1.165) is 0 Å². The number of carbonyl (C=O) groups is 1. The van der Waals surface area contributed by atoms with Gasteiger partial charge in [-0.25, -0.2) is 4.79 Å². The van der Waals surface area contributed by atoms with Gasteiger partial charge in [-0.05, 0) is 11.3 Å². The van der Waals surface area contributed by atoms with Gasteiger partial charge in [-0.1, -0.05) is 23.0 Å². The van der Waals surface area contributed by atoms with Gasteiger partial charge in [0.15, 0.2) is 0 Å². The Balaban J connectivity index is 2.57. The lowest BCUT2D eigenvalue weighted by molar-refractivity contribution is 0.0697. The highest BCUT2D eigenvalue weighted by molar-refractivity contribution is 5.95. The van der Waals surface area contributed by atoms with Crippen LogP contribution in [0, 0.1) is 0 Å². The third-order valence-electron chi connectivity index (χ3n) is 1.92. The molecule has 0 radical (unpaired) electrons. The van der Waals surface area contributed by atoms with Crippen LogP contribution in [0.5, 0.6) is 0 Å². The maximum Gasteiger partial charge on any atom is 0.336 e. The smallest absolute Gasteiger partial charge is 0.336 e. The second-order valence-electron chi connectivity index (χ2n) is 2.87. The summed E-state index contributed by atoms with van der Waals surface area (Å²) in [5.41, 5.74) is 0.860. The molecule has 1 heterocycles. The van der Waals surface area contributed by atoms with Crippen LogP contribution >= 0.6 is 0 Å². The molecule has 1 aromatic heterocycles. The summed E-state index contributed by atoms with van der Waals surface area (Å²) in [7, 11) is 0. The molecule has 0 aliphatic carbocycles. The monoisotopic (exact) mass is 205 g/mol. The fraction of sp³-hybridized carbons (Fsp3) is 0. The van der Waals surface area contributed by atoms with E-state index in [2.05, 4.69) is 10.3 Å². The van der Waals surface area contributed by atoms with Crippen LogP contribution in [0.4, 0.5) is 0 Å². The number of rotatable bonds is 2. The maximum atomic E-state index is 10.9. The minimum absolute atomic E-state index is 0.123. The Bertz CT molecular complexity index is 507. The van der Waals surface area contributed by atoms with Crippen LogP contribution < -0.4 is 0 Å². The first-order valence-corrected chi connectivity index (χ1v) is 4.13. The number of hydrogen-bond acceptors (Lipinski definition) is 4. The van der Waals surface area contributed by atoms with E-state index in [1.165, 1.54) is 12.3 Å². The van der Waals surface area contributed by atoms with Crippen molar-refractivity contribution < 1.29 is 15.1 Å². The van der Waals surface area contributed by atoms with Crippen LogP contribution in [0.15, 0.2) is 30.5 Å². The summed E-state index contributed by atoms with van der Waals surface area (Å²) in [4.78, 5) is 11.4. The predicted molar refractivity (Wildman–Crippen MR) is 49.6 cm³/mol. The van der Waals surface area contributed by atoms with Gasteiger partial charge in [0.1, 0.15) is 5.69 Å². The number of hydrogen-bond donors (Lipinski definition) is 2. The van der Waals surface area contributed by atoms with Crippen molar-refractivity contribution in [1.29, 1.82) is 0 Å². The van der Waals surface area contributed by atoms with Gasteiger partial charge < -0.3 is 10.3 Å². The van der Waals surface area contributed by atoms with Crippen molar-refractivity contribution in [2.75, 3.05) is 0 Å². The summed E-state index contributed by atoms with van der Waals surface area (Å²) in [6, 6.07) is 6.38. The molecule has 2 N–H and O–H groups in total. The summed E-state index contributed by atoms with van der Waals surface area (Å²) in [6.07, 6.45) is 1.24. The summed E-state index contributed by atoms with van der Waals surface area (Å²) in [5.74, 6) is -1.04. The van der Waals surface area contributed by atoms with E-state index in [4.69, 9.17) is 10.3 Å². The van der Waals surface area contributed by atoms with Crippen LogP contribution in [0.3, 0.4) is 0 Å². The minimum Gasteiger partial charge on any atom is -0.478 e. The molecule has 1 aromatic carbocycles. The lowest BCUT2D eigenvalue weighted by Crippen LogP contribution is -1.99. The van der Waals surface area contributed by atoms with E-state index in [9.17, 15) is 4.79 Å². The molecule has 0 fully saturated rings. The molecular formula is C9H7N3O3. The molecule has 6 heteroatoms. The van der Waals surface area contributed by atoms with Crippen molar-refractivity contribution >= 4 is 5.97 Å². The van der Waals surface area contributed by atoms with Crippen LogP contribution in [-0.2, 0) is 0 Å². The van der Waals surface area contributed by atoms with Crippen molar-refractivity contribution in [3.63, 3.8) is 0 Å². The first-order valence-electron chi connectivity index (χ1n) is 4.13. The van der Waals surface area contributed by atoms with Gasteiger partial charge in [0, 0.05) is 5.56 Å². The quantitative estimate of drug-likeness (QED) is 0.710. The standard InChI is InChI=1S/C9H7N3O3/c13-9(14)7-4-2-1-3-6(7)8-5-12(15)11-10-8/h1-5,15H,(H,13,14). The third-order valence-corrected chi connectivity index (χ3v) is 1.92. The number of benzene rings is 1. The van der Waals surface area contributed by atoms with Gasteiger partial charge in [-0.2, -0.15) is 0 Å². The number of carboxylic acids is 1. The normalized spacial score (nSPS) is 10.1. The summed E-state index contributed by atoms with van der Waals surface area (Å²) >= 11 is 0. The Kier molecular flexibility index (Phi) is 2.09. The lowest BCUT2D eigenvalue weighted by Gasteiger charge is -2.00. The summed E-state index contributed by atoms with van der Waals surface area (Å²) < 4.78 is 0. The highest BCUT2D eigenvalue weighted by atomic mass is 16.5. The zero-order valence-corrected chi connectivity index (χ0v) is 7.53. The molecule has 0 amide bonds. The van der Waals surface area contributed by atoms with Crippen LogP contribution in [0.2, 0.25) is 0 Å². The Morgan fingerprint density at radius 2 is 2.07 bits per heavy atom. The highest BCUT2D eigenvalue weighted by Crippen LogP contribution is 2.20. The third kappa shape index (κ3) is 1.64. The second kappa shape index (κ2) is 3.41. The molecule has 6 nitrogen and oxygen atoms in total. The molecule has 0 unspecified atom stereocenters. The predicted octanol–water partition coefficient (Wildman–Crippen LogP) is 0.881. The van der Waals surface area contributed by atoms with Gasteiger partial charge >= 0.3 is 5.97 Å². The zero-order chi connectivity index (χ0) is 10.8. The van der Waals surface area contributed by atoms with Crippen LogP contribution in [-0.4, -0.2) is 31.4 Å². The molecule has 2 rings (SSSR count). The van der Waals surface area contributed by atoms with E-state index in [1.54, 1.807) is 18.2 Å². The average molecular weight is 205 g/mol. The van der Waals surface area contributed by atoms with Gasteiger partial charge in [-0.3, -0.25) is 0 Å². The second-order valence-corrected chi connectivity index (χ2v) is 2.87. The van der Waals surface area contributed by atoms with Crippen molar-refractivity contribution in [1.82, 2.24) is 15.2 Å².